The predicted molar refractivity (Wildman–Crippen MR) is 76.8 cm³/mol. The number of carbonyl (C=O) groups is 1. The maximum Gasteiger partial charge on any atom is 0.222 e. The second-order valence-electron chi connectivity index (χ2n) is 6.15. The van der Waals surface area contributed by atoms with Gasteiger partial charge in [-0.3, -0.25) is 9.69 Å². The Morgan fingerprint density at radius 1 is 1.21 bits per heavy atom. The van der Waals surface area contributed by atoms with Gasteiger partial charge in [-0.25, -0.2) is 0 Å². The summed E-state index contributed by atoms with van der Waals surface area (Å²) in [5, 5.41) is 8.89. The second-order valence-corrected chi connectivity index (χ2v) is 6.15. The van der Waals surface area contributed by atoms with Crippen molar-refractivity contribution in [1.29, 1.82) is 0 Å². The van der Waals surface area contributed by atoms with Crippen molar-refractivity contribution in [3.8, 4) is 0 Å². The molecule has 3 N–H and O–H groups in total. The molecule has 0 aromatic rings. The summed E-state index contributed by atoms with van der Waals surface area (Å²) in [6, 6.07) is 0. The van der Waals surface area contributed by atoms with Gasteiger partial charge in [0.25, 0.3) is 0 Å². The van der Waals surface area contributed by atoms with E-state index in [4.69, 9.17) is 10.8 Å². The van der Waals surface area contributed by atoms with E-state index >= 15 is 0 Å². The highest BCUT2D eigenvalue weighted by Gasteiger charge is 2.23. The maximum atomic E-state index is 12.1. The first kappa shape index (κ1) is 16.4. The van der Waals surface area contributed by atoms with Gasteiger partial charge in [-0.15, -0.1) is 0 Å². The number of hydrogen-bond acceptors (Lipinski definition) is 4. The molecule has 1 rings (SSSR count). The number of amides is 1. The van der Waals surface area contributed by atoms with Crippen molar-refractivity contribution in [2.24, 2.45) is 11.1 Å². The molecule has 112 valence electrons. The van der Waals surface area contributed by atoms with Crippen LogP contribution in [0.1, 0.15) is 33.1 Å². The van der Waals surface area contributed by atoms with Crippen LogP contribution in [0.5, 0.6) is 0 Å². The Kier molecular flexibility index (Phi) is 6.75. The van der Waals surface area contributed by atoms with E-state index < -0.39 is 0 Å². The van der Waals surface area contributed by atoms with Crippen molar-refractivity contribution in [3.05, 3.63) is 0 Å². The first-order valence-corrected chi connectivity index (χ1v) is 7.29. The van der Waals surface area contributed by atoms with E-state index in [1.807, 2.05) is 4.90 Å². The smallest absolute Gasteiger partial charge is 0.222 e. The number of aliphatic hydroxyl groups is 1. The minimum atomic E-state index is 0.156. The minimum absolute atomic E-state index is 0.156. The molecular formula is C14H29N3O2. The van der Waals surface area contributed by atoms with Gasteiger partial charge >= 0.3 is 0 Å². The molecule has 0 unspecified atom stereocenters. The fraction of sp³-hybridized carbons (Fsp3) is 0.929. The molecule has 0 aliphatic carbocycles. The first-order chi connectivity index (χ1) is 8.98. The molecule has 1 saturated heterocycles. The molecule has 1 heterocycles. The molecular weight excluding hydrogens is 242 g/mol. The van der Waals surface area contributed by atoms with Gasteiger partial charge in [0, 0.05) is 39.1 Å². The van der Waals surface area contributed by atoms with Crippen LogP contribution < -0.4 is 5.73 Å². The zero-order chi connectivity index (χ0) is 14.3. The Hall–Kier alpha value is -0.650. The zero-order valence-electron chi connectivity index (χ0n) is 12.4. The third kappa shape index (κ3) is 5.89. The monoisotopic (exact) mass is 271 g/mol. The molecule has 1 amide bonds. The van der Waals surface area contributed by atoms with Crippen molar-refractivity contribution in [2.45, 2.75) is 33.1 Å². The third-order valence-corrected chi connectivity index (χ3v) is 3.98. The number of nitrogens with zero attached hydrogens (tertiary/aromatic N) is 2. The number of aliphatic hydroxyl groups excluding tert-OH is 1. The minimum Gasteiger partial charge on any atom is -0.395 e. The van der Waals surface area contributed by atoms with Crippen molar-refractivity contribution in [2.75, 3.05) is 45.9 Å². The van der Waals surface area contributed by atoms with Crippen LogP contribution in [0.3, 0.4) is 0 Å². The van der Waals surface area contributed by atoms with E-state index in [9.17, 15) is 4.79 Å². The van der Waals surface area contributed by atoms with E-state index in [0.717, 1.165) is 39.0 Å². The Bertz CT molecular complexity index is 274. The Morgan fingerprint density at radius 3 is 2.37 bits per heavy atom. The van der Waals surface area contributed by atoms with Crippen LogP contribution in [-0.4, -0.2) is 66.7 Å². The number of carbonyl (C=O) groups excluding carboxylic acids is 1. The lowest BCUT2D eigenvalue weighted by molar-refractivity contribution is -0.133. The van der Waals surface area contributed by atoms with E-state index in [-0.39, 0.29) is 17.9 Å². The lowest BCUT2D eigenvalue weighted by Crippen LogP contribution is -2.49. The predicted octanol–water partition coefficient (Wildman–Crippen LogP) is 0.278. The van der Waals surface area contributed by atoms with Gasteiger partial charge in [-0.05, 0) is 24.8 Å². The van der Waals surface area contributed by atoms with Gasteiger partial charge in [0.15, 0.2) is 0 Å². The standard InChI is InChI=1S/C14H29N3O2/c1-14(2,5-6-15)4-3-13(19)17-9-7-16(8-10-17)11-12-18/h18H,3-12,15H2,1-2H3. The Morgan fingerprint density at radius 2 is 1.84 bits per heavy atom. The summed E-state index contributed by atoms with van der Waals surface area (Å²) in [5.74, 6) is 0.258. The van der Waals surface area contributed by atoms with Crippen molar-refractivity contribution < 1.29 is 9.90 Å². The average molecular weight is 271 g/mol. The normalized spacial score (nSPS) is 17.8. The molecule has 0 spiro atoms. The van der Waals surface area contributed by atoms with Crippen LogP contribution in [0.15, 0.2) is 0 Å². The molecule has 0 saturated carbocycles. The van der Waals surface area contributed by atoms with E-state index in [1.165, 1.54) is 0 Å². The molecule has 1 fully saturated rings. The Balaban J connectivity index is 2.28. The van der Waals surface area contributed by atoms with Crippen molar-refractivity contribution in [3.63, 3.8) is 0 Å². The molecule has 0 bridgehead atoms. The fourth-order valence-electron chi connectivity index (χ4n) is 2.48. The van der Waals surface area contributed by atoms with E-state index in [2.05, 4.69) is 18.7 Å². The van der Waals surface area contributed by atoms with Crippen LogP contribution in [0.25, 0.3) is 0 Å². The topological polar surface area (TPSA) is 69.8 Å². The zero-order valence-corrected chi connectivity index (χ0v) is 12.4. The van der Waals surface area contributed by atoms with Crippen LogP contribution >= 0.6 is 0 Å². The SMILES string of the molecule is CC(C)(CCN)CCC(=O)N1CCN(CCO)CC1. The number of nitrogens with two attached hydrogens (primary N) is 1. The van der Waals surface area contributed by atoms with Crippen molar-refractivity contribution in [1.82, 2.24) is 9.80 Å². The van der Waals surface area contributed by atoms with Crippen LogP contribution in [0.2, 0.25) is 0 Å². The highest BCUT2D eigenvalue weighted by molar-refractivity contribution is 5.76. The Labute approximate surface area is 116 Å². The molecule has 5 heteroatoms. The summed E-state index contributed by atoms with van der Waals surface area (Å²) >= 11 is 0. The quantitative estimate of drug-likeness (QED) is 0.698. The number of piperazine rings is 1. The summed E-state index contributed by atoms with van der Waals surface area (Å²) in [6.07, 6.45) is 2.48. The van der Waals surface area contributed by atoms with Gasteiger partial charge in [0.05, 0.1) is 6.61 Å². The van der Waals surface area contributed by atoms with Crippen LogP contribution in [-0.2, 0) is 4.79 Å². The number of hydrogen-bond donors (Lipinski definition) is 2. The fourth-order valence-corrected chi connectivity index (χ4v) is 2.48. The molecule has 0 atom stereocenters. The summed E-state index contributed by atoms with van der Waals surface area (Å²) in [4.78, 5) is 16.3. The lowest BCUT2D eigenvalue weighted by Gasteiger charge is -2.35. The summed E-state index contributed by atoms with van der Waals surface area (Å²) in [7, 11) is 0. The van der Waals surface area contributed by atoms with Gasteiger partial charge in [0.2, 0.25) is 5.91 Å². The summed E-state index contributed by atoms with van der Waals surface area (Å²) < 4.78 is 0. The molecule has 1 aliphatic heterocycles. The average Bonchev–Trinajstić information content (AvgIpc) is 2.37. The molecule has 0 aromatic heterocycles. The van der Waals surface area contributed by atoms with Gasteiger partial charge < -0.3 is 15.7 Å². The second kappa shape index (κ2) is 7.82. The molecule has 19 heavy (non-hydrogen) atoms. The largest absolute Gasteiger partial charge is 0.395 e. The van der Waals surface area contributed by atoms with Crippen molar-refractivity contribution >= 4 is 5.91 Å². The van der Waals surface area contributed by atoms with Crippen LogP contribution in [0.4, 0.5) is 0 Å². The van der Waals surface area contributed by atoms with Gasteiger partial charge in [-0.1, -0.05) is 13.8 Å². The molecule has 0 radical (unpaired) electrons. The van der Waals surface area contributed by atoms with Gasteiger partial charge in [-0.2, -0.15) is 0 Å². The summed E-state index contributed by atoms with van der Waals surface area (Å²) in [6.45, 7) is 9.26. The third-order valence-electron chi connectivity index (χ3n) is 3.98. The molecule has 0 aromatic carbocycles. The highest BCUT2D eigenvalue weighted by Crippen LogP contribution is 2.26. The highest BCUT2D eigenvalue weighted by atomic mass is 16.3. The summed E-state index contributed by atoms with van der Waals surface area (Å²) in [5.41, 5.74) is 5.74. The molecule has 1 aliphatic rings. The van der Waals surface area contributed by atoms with Gasteiger partial charge in [0.1, 0.15) is 0 Å². The molecule has 5 nitrogen and oxygen atoms in total. The van der Waals surface area contributed by atoms with Crippen LogP contribution in [0, 0.1) is 5.41 Å². The van der Waals surface area contributed by atoms with E-state index in [0.29, 0.717) is 19.5 Å². The lowest BCUT2D eigenvalue weighted by atomic mass is 9.84. The number of rotatable bonds is 7. The van der Waals surface area contributed by atoms with E-state index in [1.54, 1.807) is 0 Å². The first-order valence-electron chi connectivity index (χ1n) is 7.29. The number of β-amino-alcohol motifs (C(OH)–C–C–N with tert-alkyl or cyclic N) is 1. The maximum absolute atomic E-state index is 12.1.